The van der Waals surface area contributed by atoms with Crippen molar-refractivity contribution in [3.05, 3.63) is 51.7 Å². The molecule has 1 saturated carbocycles. The molecule has 0 unspecified atom stereocenters. The van der Waals surface area contributed by atoms with Crippen molar-refractivity contribution in [3.63, 3.8) is 0 Å². The Hall–Kier alpha value is -3.23. The first-order chi connectivity index (χ1) is 13.9. The van der Waals surface area contributed by atoms with E-state index in [1.807, 2.05) is 4.90 Å². The summed E-state index contributed by atoms with van der Waals surface area (Å²) < 4.78 is 10.6. The summed E-state index contributed by atoms with van der Waals surface area (Å²) in [6.07, 6.45) is 3.60. The Morgan fingerprint density at radius 2 is 1.97 bits per heavy atom. The van der Waals surface area contributed by atoms with Crippen LogP contribution in [0.15, 0.2) is 36.0 Å². The Bertz CT molecular complexity index is 910. The minimum absolute atomic E-state index is 0.120. The van der Waals surface area contributed by atoms with E-state index >= 15 is 0 Å². The van der Waals surface area contributed by atoms with E-state index in [9.17, 15) is 24.5 Å². The number of hydrogen-bond donors (Lipinski definition) is 0. The lowest BCUT2D eigenvalue weighted by Crippen LogP contribution is -2.57. The van der Waals surface area contributed by atoms with E-state index < -0.39 is 28.4 Å². The zero-order valence-corrected chi connectivity index (χ0v) is 15.8. The molecule has 9 heteroatoms. The number of esters is 2. The maximum absolute atomic E-state index is 12.6. The van der Waals surface area contributed by atoms with Gasteiger partial charge in [-0.3, -0.25) is 10.1 Å². The van der Waals surface area contributed by atoms with Gasteiger partial charge in [0.1, 0.15) is 12.4 Å². The number of aldehydes is 1. The van der Waals surface area contributed by atoms with Crippen LogP contribution in [-0.4, -0.2) is 53.8 Å². The third-order valence-corrected chi connectivity index (χ3v) is 6.33. The number of benzene rings is 1. The molecule has 0 N–H and O–H groups in total. The normalized spacial score (nSPS) is 29.6. The Balaban J connectivity index is 1.56. The fourth-order valence-corrected chi connectivity index (χ4v) is 5.01. The Kier molecular flexibility index (Phi) is 4.60. The first kappa shape index (κ1) is 19.1. The molecule has 3 aliphatic rings. The van der Waals surface area contributed by atoms with Crippen molar-refractivity contribution >= 4 is 23.9 Å². The number of hydrogen-bond acceptors (Lipinski definition) is 8. The topological polar surface area (TPSA) is 116 Å². The summed E-state index contributed by atoms with van der Waals surface area (Å²) in [5, 5.41) is 10.8. The number of non-ortho nitro benzene ring substituents is 1. The van der Waals surface area contributed by atoms with Gasteiger partial charge in [0.05, 0.1) is 34.6 Å². The summed E-state index contributed by atoms with van der Waals surface area (Å²) in [6, 6.07) is 4.92. The molecule has 2 heterocycles. The maximum atomic E-state index is 12.6. The molecular formula is C20H20N2O7. The van der Waals surface area contributed by atoms with E-state index in [2.05, 4.69) is 0 Å². The van der Waals surface area contributed by atoms with Crippen molar-refractivity contribution in [3.8, 4) is 0 Å². The molecule has 29 heavy (non-hydrogen) atoms. The van der Waals surface area contributed by atoms with Gasteiger partial charge in [-0.1, -0.05) is 0 Å². The second kappa shape index (κ2) is 6.98. The predicted octanol–water partition coefficient (Wildman–Crippen LogP) is 1.86. The average molecular weight is 400 g/mol. The molecule has 1 aliphatic carbocycles. The average Bonchev–Trinajstić information content (AvgIpc) is 3.31. The van der Waals surface area contributed by atoms with Gasteiger partial charge in [0, 0.05) is 37.2 Å². The van der Waals surface area contributed by atoms with Crippen LogP contribution < -0.4 is 0 Å². The minimum Gasteiger partial charge on any atom is -0.466 e. The van der Waals surface area contributed by atoms with Crippen molar-refractivity contribution < 1.29 is 28.8 Å². The van der Waals surface area contributed by atoms with Crippen molar-refractivity contribution in [1.29, 1.82) is 0 Å². The van der Waals surface area contributed by atoms with Gasteiger partial charge in [-0.2, -0.15) is 0 Å². The highest BCUT2D eigenvalue weighted by Crippen LogP contribution is 2.55. The second-order valence-electron chi connectivity index (χ2n) is 7.62. The molecule has 0 radical (unpaired) electrons. The molecule has 1 aromatic rings. The Morgan fingerprint density at radius 3 is 2.59 bits per heavy atom. The molecule has 0 aromatic heterocycles. The molecular weight excluding hydrogens is 380 g/mol. The highest BCUT2D eigenvalue weighted by atomic mass is 16.6. The fraction of sp³-hybridized carbons (Fsp3) is 0.450. The van der Waals surface area contributed by atoms with Crippen molar-refractivity contribution in [2.45, 2.75) is 31.4 Å². The molecule has 1 saturated heterocycles. The highest BCUT2D eigenvalue weighted by molar-refractivity contribution is 5.91. The highest BCUT2D eigenvalue weighted by Gasteiger charge is 2.62. The summed E-state index contributed by atoms with van der Waals surface area (Å²) in [7, 11) is 1.33. The van der Waals surface area contributed by atoms with Crippen LogP contribution in [0.5, 0.6) is 0 Å². The van der Waals surface area contributed by atoms with E-state index in [1.54, 1.807) is 6.20 Å². The Morgan fingerprint density at radius 1 is 1.24 bits per heavy atom. The number of nitro benzene ring substituents is 1. The molecule has 152 valence electrons. The van der Waals surface area contributed by atoms with E-state index in [0.717, 1.165) is 6.29 Å². The van der Waals surface area contributed by atoms with Gasteiger partial charge in [0.15, 0.2) is 0 Å². The van der Waals surface area contributed by atoms with Crippen molar-refractivity contribution in [1.82, 2.24) is 4.90 Å². The number of nitrogens with zero attached hydrogens (tertiary/aromatic N) is 2. The lowest BCUT2D eigenvalue weighted by atomic mass is 9.72. The van der Waals surface area contributed by atoms with E-state index in [-0.39, 0.29) is 23.2 Å². The third kappa shape index (κ3) is 2.88. The quantitative estimate of drug-likeness (QED) is 0.318. The fourth-order valence-electron chi connectivity index (χ4n) is 5.01. The maximum Gasteiger partial charge on any atom is 0.338 e. The van der Waals surface area contributed by atoms with E-state index in [1.165, 1.54) is 31.4 Å². The lowest BCUT2D eigenvalue weighted by molar-refractivity contribution is -0.384. The summed E-state index contributed by atoms with van der Waals surface area (Å²) in [5.74, 6) is -1.15. The molecule has 0 amide bonds. The van der Waals surface area contributed by atoms with Gasteiger partial charge in [0.2, 0.25) is 0 Å². The molecule has 0 bridgehead atoms. The van der Waals surface area contributed by atoms with Crippen LogP contribution in [0.25, 0.3) is 0 Å². The molecule has 4 rings (SSSR count). The standard InChI is InChI=1S/C20H20N2O7/c1-28-19(25)15-10-21-9-7-16(20(11-23)8-6-14(15)17(20)21)29-18(24)12-2-4-13(5-3-12)22(26)27/h2-5,10-11,14,16-17H,6-9H2,1H3/t14-,16-,17+,20-/m1/s1. The zero-order valence-electron chi connectivity index (χ0n) is 15.8. The largest absolute Gasteiger partial charge is 0.466 e. The first-order valence-corrected chi connectivity index (χ1v) is 9.39. The van der Waals surface area contributed by atoms with Crippen molar-refractivity contribution in [2.75, 3.05) is 13.7 Å². The first-order valence-electron chi connectivity index (χ1n) is 9.39. The van der Waals surface area contributed by atoms with Crippen LogP contribution in [0.2, 0.25) is 0 Å². The monoisotopic (exact) mass is 400 g/mol. The van der Waals surface area contributed by atoms with Gasteiger partial charge in [-0.05, 0) is 25.0 Å². The second-order valence-corrected chi connectivity index (χ2v) is 7.62. The SMILES string of the molecule is COC(=O)C1=CN2CC[C@@H](OC(=O)c3ccc([N+](=O)[O-])cc3)[C@]3(C=O)CC[C@H]1[C@H]23. The molecule has 9 nitrogen and oxygen atoms in total. The molecule has 1 aromatic carbocycles. The smallest absolute Gasteiger partial charge is 0.338 e. The van der Waals surface area contributed by atoms with Crippen LogP contribution in [0, 0.1) is 21.4 Å². The van der Waals surface area contributed by atoms with Gasteiger partial charge in [-0.25, -0.2) is 9.59 Å². The summed E-state index contributed by atoms with van der Waals surface area (Å²) in [4.78, 5) is 49.2. The van der Waals surface area contributed by atoms with Gasteiger partial charge in [-0.15, -0.1) is 0 Å². The van der Waals surface area contributed by atoms with Crippen LogP contribution in [0.3, 0.4) is 0 Å². The summed E-state index contributed by atoms with van der Waals surface area (Å²) in [6.45, 7) is 0.551. The number of methoxy groups -OCH3 is 1. The molecule has 0 spiro atoms. The molecule has 4 atom stereocenters. The predicted molar refractivity (Wildman–Crippen MR) is 98.7 cm³/mol. The van der Waals surface area contributed by atoms with E-state index in [0.29, 0.717) is 31.4 Å². The number of rotatable bonds is 5. The lowest BCUT2D eigenvalue weighted by Gasteiger charge is -2.46. The van der Waals surface area contributed by atoms with Crippen LogP contribution in [0.1, 0.15) is 29.6 Å². The van der Waals surface area contributed by atoms with Crippen LogP contribution in [-0.2, 0) is 19.1 Å². The number of piperidine rings is 1. The van der Waals surface area contributed by atoms with Crippen LogP contribution >= 0.6 is 0 Å². The molecule has 2 aliphatic heterocycles. The zero-order chi connectivity index (χ0) is 20.8. The number of ether oxygens (including phenoxy) is 2. The summed E-state index contributed by atoms with van der Waals surface area (Å²) >= 11 is 0. The summed E-state index contributed by atoms with van der Waals surface area (Å²) in [5.41, 5.74) is -0.270. The van der Waals surface area contributed by atoms with Crippen LogP contribution in [0.4, 0.5) is 5.69 Å². The van der Waals surface area contributed by atoms with Crippen molar-refractivity contribution in [2.24, 2.45) is 11.3 Å². The van der Waals surface area contributed by atoms with Gasteiger partial charge >= 0.3 is 11.9 Å². The Labute approximate surface area is 166 Å². The number of nitro groups is 1. The van der Waals surface area contributed by atoms with Gasteiger partial charge in [0.25, 0.3) is 5.69 Å². The third-order valence-electron chi connectivity index (χ3n) is 6.33. The van der Waals surface area contributed by atoms with E-state index in [4.69, 9.17) is 9.47 Å². The number of carbonyl (C=O) groups excluding carboxylic acids is 3. The minimum atomic E-state index is -0.897. The number of carbonyl (C=O) groups is 3. The molecule has 2 fully saturated rings. The van der Waals surface area contributed by atoms with Gasteiger partial charge < -0.3 is 19.2 Å².